The van der Waals surface area contributed by atoms with E-state index in [1.807, 2.05) is 13.8 Å². The number of amides is 1. The molecule has 0 spiro atoms. The number of hydrogen-bond donors (Lipinski definition) is 0. The molecule has 0 N–H and O–H groups in total. The van der Waals surface area contributed by atoms with Gasteiger partial charge < -0.3 is 23.8 Å². The molecule has 0 aromatic rings. The minimum Gasteiger partial charge on any atom is -0.345 e. The van der Waals surface area contributed by atoms with Gasteiger partial charge in [0.25, 0.3) is 5.91 Å². The molecule has 4 aliphatic rings. The Labute approximate surface area is 131 Å². The Bertz CT molecular complexity index is 555. The van der Waals surface area contributed by atoms with Crippen molar-refractivity contribution in [2.24, 2.45) is 0 Å². The second kappa shape index (κ2) is 4.42. The van der Waals surface area contributed by atoms with Crippen LogP contribution in [0.1, 0.15) is 13.8 Å². The molecule has 122 valence electrons. The van der Waals surface area contributed by atoms with Crippen LogP contribution in [0.15, 0.2) is 11.3 Å². The van der Waals surface area contributed by atoms with Gasteiger partial charge in [-0.1, -0.05) is 25.3 Å². The van der Waals surface area contributed by atoms with Crippen molar-refractivity contribution < 1.29 is 23.7 Å². The third-order valence-corrected chi connectivity index (χ3v) is 5.57. The predicted molar refractivity (Wildman–Crippen MR) is 80.5 cm³/mol. The van der Waals surface area contributed by atoms with E-state index >= 15 is 0 Å². The molecule has 22 heavy (non-hydrogen) atoms. The van der Waals surface area contributed by atoms with Crippen LogP contribution in [0.5, 0.6) is 0 Å². The molecule has 5 atom stereocenters. The third kappa shape index (κ3) is 2.18. The lowest BCUT2D eigenvalue weighted by molar-refractivity contribution is -0.250. The largest absolute Gasteiger partial charge is 0.345 e. The first-order valence-corrected chi connectivity index (χ1v) is 11.4. The Hall–Kier alpha value is -0.733. The molecule has 0 aliphatic carbocycles. The summed E-state index contributed by atoms with van der Waals surface area (Å²) in [4.78, 5) is 14.0. The molecule has 0 radical (unpaired) electrons. The van der Waals surface area contributed by atoms with Crippen LogP contribution >= 0.6 is 0 Å². The van der Waals surface area contributed by atoms with Crippen LogP contribution in [0.2, 0.25) is 19.6 Å². The fourth-order valence-electron chi connectivity index (χ4n) is 3.61. The summed E-state index contributed by atoms with van der Waals surface area (Å²) in [5.41, 5.74) is 2.94. The van der Waals surface area contributed by atoms with Crippen molar-refractivity contribution in [1.82, 2.24) is 4.90 Å². The van der Waals surface area contributed by atoms with Gasteiger partial charge in [-0.05, 0) is 13.8 Å². The summed E-state index contributed by atoms with van der Waals surface area (Å²) >= 11 is 0. The maximum Gasteiger partial charge on any atom is 0.256 e. The molecule has 7 heteroatoms. The molecular weight excluding hydrogens is 302 g/mol. The molecule has 4 saturated heterocycles. The van der Waals surface area contributed by atoms with Gasteiger partial charge in [0.05, 0.1) is 20.2 Å². The lowest BCUT2D eigenvalue weighted by Gasteiger charge is -2.49. The summed E-state index contributed by atoms with van der Waals surface area (Å²) in [7, 11) is -1.47. The van der Waals surface area contributed by atoms with Gasteiger partial charge in [0.15, 0.2) is 18.3 Å². The maximum absolute atomic E-state index is 12.3. The van der Waals surface area contributed by atoms with Crippen LogP contribution in [0.4, 0.5) is 0 Å². The van der Waals surface area contributed by atoms with E-state index in [9.17, 15) is 4.79 Å². The van der Waals surface area contributed by atoms with E-state index in [1.165, 1.54) is 0 Å². The number of carbonyl (C=O) groups is 1. The lowest BCUT2D eigenvalue weighted by atomic mass is 9.99. The zero-order chi connectivity index (χ0) is 15.9. The van der Waals surface area contributed by atoms with Crippen LogP contribution in [-0.4, -0.2) is 62.0 Å². The standard InChI is InChI=1S/C15H23NO5Si/c1-15(2)20-11-10-9(18-14(11)21-15)6-16-12(17)8(13(16)19-10)7-22(3,4)5/h7,9-11,13-14H,6H2,1-5H3/b8-7-/t9-,10+,11-,13+,14-/m1/s1. The average molecular weight is 325 g/mol. The maximum atomic E-state index is 12.3. The number of fused-ring (bicyclic) bond motifs is 4. The summed E-state index contributed by atoms with van der Waals surface area (Å²) in [5.74, 6) is -0.568. The summed E-state index contributed by atoms with van der Waals surface area (Å²) in [5, 5.41) is 0. The minimum absolute atomic E-state index is 0.0775. The van der Waals surface area contributed by atoms with Gasteiger partial charge >= 0.3 is 0 Å². The van der Waals surface area contributed by atoms with Crippen molar-refractivity contribution in [3.8, 4) is 0 Å². The summed E-state index contributed by atoms with van der Waals surface area (Å²) in [6, 6.07) is 0. The number of ether oxygens (including phenoxy) is 4. The Morgan fingerprint density at radius 1 is 1.18 bits per heavy atom. The Kier molecular flexibility index (Phi) is 2.98. The topological polar surface area (TPSA) is 57.2 Å². The van der Waals surface area contributed by atoms with Crippen LogP contribution in [0, 0.1) is 0 Å². The van der Waals surface area contributed by atoms with Crippen LogP contribution in [-0.2, 0) is 23.7 Å². The number of rotatable bonds is 1. The monoisotopic (exact) mass is 325 g/mol. The second-order valence-corrected chi connectivity index (χ2v) is 13.0. The Morgan fingerprint density at radius 3 is 2.59 bits per heavy atom. The van der Waals surface area contributed by atoms with Crippen molar-refractivity contribution in [3.05, 3.63) is 11.3 Å². The molecule has 6 nitrogen and oxygen atoms in total. The van der Waals surface area contributed by atoms with Crippen LogP contribution in [0.25, 0.3) is 0 Å². The minimum atomic E-state index is -1.47. The van der Waals surface area contributed by atoms with E-state index in [0.717, 1.165) is 5.57 Å². The molecule has 0 aromatic carbocycles. The predicted octanol–water partition coefficient (Wildman–Crippen LogP) is 1.23. The van der Waals surface area contributed by atoms with E-state index in [4.69, 9.17) is 18.9 Å². The molecule has 0 bridgehead atoms. The van der Waals surface area contributed by atoms with E-state index in [1.54, 1.807) is 4.90 Å². The quantitative estimate of drug-likeness (QED) is 0.412. The Morgan fingerprint density at radius 2 is 1.91 bits per heavy atom. The van der Waals surface area contributed by atoms with Crippen molar-refractivity contribution in [1.29, 1.82) is 0 Å². The lowest BCUT2D eigenvalue weighted by Crippen LogP contribution is -2.66. The van der Waals surface area contributed by atoms with Crippen LogP contribution < -0.4 is 0 Å². The van der Waals surface area contributed by atoms with Crippen molar-refractivity contribution >= 4 is 14.0 Å². The van der Waals surface area contributed by atoms with Crippen molar-refractivity contribution in [2.45, 2.75) is 70.1 Å². The highest BCUT2D eigenvalue weighted by atomic mass is 28.3. The third-order valence-electron chi connectivity index (χ3n) is 4.40. The zero-order valence-electron chi connectivity index (χ0n) is 13.7. The normalized spacial score (nSPS) is 44.6. The highest BCUT2D eigenvalue weighted by Gasteiger charge is 2.61. The van der Waals surface area contributed by atoms with Gasteiger partial charge in [0.1, 0.15) is 18.3 Å². The molecule has 4 fully saturated rings. The van der Waals surface area contributed by atoms with E-state index < -0.39 is 20.2 Å². The number of nitrogens with zero attached hydrogens (tertiary/aromatic N) is 1. The molecule has 4 rings (SSSR count). The first-order valence-electron chi connectivity index (χ1n) is 7.85. The molecule has 4 aliphatic heterocycles. The van der Waals surface area contributed by atoms with Gasteiger partial charge in [-0.2, -0.15) is 0 Å². The van der Waals surface area contributed by atoms with Crippen molar-refractivity contribution in [3.63, 3.8) is 0 Å². The molecule has 1 amide bonds. The molecule has 0 saturated carbocycles. The molecule has 4 heterocycles. The molecular formula is C15H23NO5Si. The van der Waals surface area contributed by atoms with Crippen molar-refractivity contribution in [2.75, 3.05) is 6.54 Å². The number of hydrogen-bond acceptors (Lipinski definition) is 5. The summed E-state index contributed by atoms with van der Waals surface area (Å²) in [6.45, 7) is 11.0. The van der Waals surface area contributed by atoms with Gasteiger partial charge in [-0.3, -0.25) is 4.79 Å². The molecule has 0 unspecified atom stereocenters. The zero-order valence-corrected chi connectivity index (χ0v) is 14.7. The number of carbonyl (C=O) groups excluding carboxylic acids is 1. The summed E-state index contributed by atoms with van der Waals surface area (Å²) in [6.07, 6.45) is -1.20. The Balaban J connectivity index is 1.55. The van der Waals surface area contributed by atoms with Gasteiger partial charge in [0.2, 0.25) is 0 Å². The SMILES string of the molecule is CC1(C)O[C@H]2O[C@@H]3CN4C(=O)/C(=C/[Si](C)(C)C)[C@@H]4O[C@@H]3[C@H]2O1. The number of β-lactam (4-membered cyclic amide) rings is 1. The smallest absolute Gasteiger partial charge is 0.256 e. The highest BCUT2D eigenvalue weighted by Crippen LogP contribution is 2.44. The van der Waals surface area contributed by atoms with Gasteiger partial charge in [-0.25, -0.2) is 0 Å². The fraction of sp³-hybridized carbons (Fsp3) is 0.800. The fourth-order valence-corrected chi connectivity index (χ4v) is 4.80. The average Bonchev–Trinajstić information content (AvgIpc) is 2.85. The first-order chi connectivity index (χ1) is 10.1. The van der Waals surface area contributed by atoms with E-state index in [0.29, 0.717) is 6.54 Å². The van der Waals surface area contributed by atoms with Gasteiger partial charge in [-0.15, -0.1) is 0 Å². The van der Waals surface area contributed by atoms with Crippen LogP contribution in [0.3, 0.4) is 0 Å². The first kappa shape index (κ1) is 14.8. The highest BCUT2D eigenvalue weighted by molar-refractivity contribution is 6.81. The summed E-state index contributed by atoms with van der Waals surface area (Å²) < 4.78 is 23.7. The second-order valence-electron chi connectivity index (χ2n) is 8.02. The van der Waals surface area contributed by atoms with E-state index in [-0.39, 0.29) is 30.4 Å². The van der Waals surface area contributed by atoms with E-state index in [2.05, 4.69) is 25.3 Å². The van der Waals surface area contributed by atoms with Gasteiger partial charge in [0, 0.05) is 0 Å². The molecule has 0 aromatic heterocycles.